The molecule has 0 aliphatic rings. The summed E-state index contributed by atoms with van der Waals surface area (Å²) in [6.07, 6.45) is 0.649. The van der Waals surface area contributed by atoms with Gasteiger partial charge in [0.1, 0.15) is 0 Å². The lowest BCUT2D eigenvalue weighted by Crippen LogP contribution is -2.41. The van der Waals surface area contributed by atoms with Crippen LogP contribution in [0.4, 0.5) is 0 Å². The van der Waals surface area contributed by atoms with E-state index in [-0.39, 0.29) is 18.7 Å². The third-order valence-corrected chi connectivity index (χ3v) is 2.25. The zero-order valence-electron chi connectivity index (χ0n) is 8.45. The van der Waals surface area contributed by atoms with E-state index in [1.807, 2.05) is 13.8 Å². The fraction of sp³-hybridized carbons (Fsp3) is 0.889. The van der Waals surface area contributed by atoms with Crippen LogP contribution in [-0.4, -0.2) is 34.9 Å². The van der Waals surface area contributed by atoms with Crippen LogP contribution in [0, 0.1) is 5.92 Å². The number of aliphatic hydroxyl groups excluding tert-OH is 1. The summed E-state index contributed by atoms with van der Waals surface area (Å²) in [7, 11) is 0. The predicted molar refractivity (Wildman–Crippen MR) is 50.6 cm³/mol. The van der Waals surface area contributed by atoms with Gasteiger partial charge in [0.15, 0.2) is 0 Å². The first kappa shape index (κ1) is 12.4. The first-order chi connectivity index (χ1) is 5.99. The second kappa shape index (κ2) is 5.94. The van der Waals surface area contributed by atoms with Crippen molar-refractivity contribution in [3.8, 4) is 0 Å². The van der Waals surface area contributed by atoms with E-state index in [2.05, 4.69) is 5.32 Å². The second-order valence-corrected chi connectivity index (χ2v) is 3.50. The molecule has 4 heteroatoms. The molecule has 13 heavy (non-hydrogen) atoms. The number of carboxylic acids is 1. The van der Waals surface area contributed by atoms with Crippen LogP contribution in [0.1, 0.15) is 27.2 Å². The average Bonchev–Trinajstić information content (AvgIpc) is 2.03. The Morgan fingerprint density at radius 2 is 1.92 bits per heavy atom. The molecule has 0 aromatic carbocycles. The molecule has 0 saturated carbocycles. The van der Waals surface area contributed by atoms with Crippen LogP contribution in [0.15, 0.2) is 0 Å². The van der Waals surface area contributed by atoms with Crippen LogP contribution in [0.2, 0.25) is 0 Å². The van der Waals surface area contributed by atoms with Crippen LogP contribution in [-0.2, 0) is 4.79 Å². The van der Waals surface area contributed by atoms with Crippen LogP contribution >= 0.6 is 0 Å². The third kappa shape index (κ3) is 4.85. The zero-order valence-corrected chi connectivity index (χ0v) is 8.45. The standard InChI is InChI=1S/C9H19NO3/c1-6(4-5-11)10-8(3)7(2)9(12)13/h6-8,10-11H,4-5H2,1-3H3,(H,12,13). The van der Waals surface area contributed by atoms with Gasteiger partial charge < -0.3 is 15.5 Å². The van der Waals surface area contributed by atoms with E-state index in [0.29, 0.717) is 6.42 Å². The molecule has 0 saturated heterocycles. The van der Waals surface area contributed by atoms with Crippen molar-refractivity contribution in [2.24, 2.45) is 5.92 Å². The van der Waals surface area contributed by atoms with Crippen molar-refractivity contribution in [1.29, 1.82) is 0 Å². The fourth-order valence-corrected chi connectivity index (χ4v) is 1.08. The predicted octanol–water partition coefficient (Wildman–Crippen LogP) is 0.456. The minimum atomic E-state index is -0.795. The minimum absolute atomic E-state index is 0.0703. The lowest BCUT2D eigenvalue weighted by molar-refractivity contribution is -0.142. The van der Waals surface area contributed by atoms with E-state index in [4.69, 9.17) is 10.2 Å². The fourth-order valence-electron chi connectivity index (χ4n) is 1.08. The summed E-state index contributed by atoms with van der Waals surface area (Å²) >= 11 is 0. The lowest BCUT2D eigenvalue weighted by Gasteiger charge is -2.22. The number of hydrogen-bond donors (Lipinski definition) is 3. The van der Waals surface area contributed by atoms with Gasteiger partial charge >= 0.3 is 5.97 Å². The van der Waals surface area contributed by atoms with Gasteiger partial charge in [0.25, 0.3) is 0 Å². The molecule has 78 valence electrons. The average molecular weight is 189 g/mol. The Morgan fingerprint density at radius 3 is 2.31 bits per heavy atom. The minimum Gasteiger partial charge on any atom is -0.481 e. The highest BCUT2D eigenvalue weighted by atomic mass is 16.4. The Morgan fingerprint density at radius 1 is 1.38 bits per heavy atom. The molecule has 4 nitrogen and oxygen atoms in total. The monoisotopic (exact) mass is 189 g/mol. The van der Waals surface area contributed by atoms with E-state index in [1.54, 1.807) is 6.92 Å². The number of hydrogen-bond acceptors (Lipinski definition) is 3. The topological polar surface area (TPSA) is 69.6 Å². The van der Waals surface area contributed by atoms with Gasteiger partial charge in [-0.2, -0.15) is 0 Å². The van der Waals surface area contributed by atoms with Crippen molar-refractivity contribution in [3.63, 3.8) is 0 Å². The number of carbonyl (C=O) groups is 1. The number of aliphatic hydroxyl groups is 1. The highest BCUT2D eigenvalue weighted by Gasteiger charge is 2.20. The number of aliphatic carboxylic acids is 1. The lowest BCUT2D eigenvalue weighted by atomic mass is 10.0. The maximum absolute atomic E-state index is 10.6. The highest BCUT2D eigenvalue weighted by molar-refractivity contribution is 5.70. The Hall–Kier alpha value is -0.610. The van der Waals surface area contributed by atoms with Crippen molar-refractivity contribution in [1.82, 2.24) is 5.32 Å². The molecule has 0 spiro atoms. The van der Waals surface area contributed by atoms with Gasteiger partial charge in [0, 0.05) is 18.7 Å². The van der Waals surface area contributed by atoms with Gasteiger partial charge in [0.05, 0.1) is 5.92 Å². The van der Waals surface area contributed by atoms with Gasteiger partial charge in [-0.15, -0.1) is 0 Å². The van der Waals surface area contributed by atoms with Gasteiger partial charge in [-0.05, 0) is 20.3 Å². The molecule has 0 aromatic rings. The van der Waals surface area contributed by atoms with Crippen molar-refractivity contribution >= 4 is 5.97 Å². The molecule has 0 radical (unpaired) electrons. The molecule has 0 bridgehead atoms. The Balaban J connectivity index is 3.84. The van der Waals surface area contributed by atoms with Gasteiger partial charge in [-0.25, -0.2) is 0 Å². The molecule has 0 fully saturated rings. The Labute approximate surface area is 79.0 Å². The molecule has 3 N–H and O–H groups in total. The molecule has 0 rings (SSSR count). The van der Waals surface area contributed by atoms with Crippen LogP contribution < -0.4 is 5.32 Å². The SMILES string of the molecule is CC(CCO)NC(C)C(C)C(=O)O. The van der Waals surface area contributed by atoms with Crippen molar-refractivity contribution in [3.05, 3.63) is 0 Å². The van der Waals surface area contributed by atoms with Crippen molar-refractivity contribution in [2.75, 3.05) is 6.61 Å². The van der Waals surface area contributed by atoms with E-state index in [1.165, 1.54) is 0 Å². The first-order valence-electron chi connectivity index (χ1n) is 4.58. The molecule has 0 amide bonds. The van der Waals surface area contributed by atoms with Gasteiger partial charge in [0.2, 0.25) is 0 Å². The van der Waals surface area contributed by atoms with E-state index >= 15 is 0 Å². The molecular weight excluding hydrogens is 170 g/mol. The maximum atomic E-state index is 10.6. The van der Waals surface area contributed by atoms with E-state index in [0.717, 1.165) is 0 Å². The van der Waals surface area contributed by atoms with Crippen LogP contribution in [0.5, 0.6) is 0 Å². The van der Waals surface area contributed by atoms with Crippen molar-refractivity contribution < 1.29 is 15.0 Å². The summed E-state index contributed by atoms with van der Waals surface area (Å²) < 4.78 is 0. The Kier molecular flexibility index (Phi) is 5.66. The number of rotatable bonds is 6. The van der Waals surface area contributed by atoms with Gasteiger partial charge in [-0.3, -0.25) is 4.79 Å². The Bertz CT molecular complexity index is 161. The van der Waals surface area contributed by atoms with Crippen LogP contribution in [0.3, 0.4) is 0 Å². The molecule has 0 aliphatic heterocycles. The molecule has 0 aromatic heterocycles. The summed E-state index contributed by atoms with van der Waals surface area (Å²) in [6, 6.07) is 0.0841. The number of carboxylic acid groups (broad SMARTS) is 1. The summed E-state index contributed by atoms with van der Waals surface area (Å²) in [4.78, 5) is 10.6. The molecule has 0 heterocycles. The number of nitrogens with one attached hydrogen (secondary N) is 1. The molecule has 0 aliphatic carbocycles. The normalized spacial score (nSPS) is 17.8. The van der Waals surface area contributed by atoms with Gasteiger partial charge in [-0.1, -0.05) is 6.92 Å². The summed E-state index contributed by atoms with van der Waals surface area (Å²) in [5.74, 6) is -1.20. The highest BCUT2D eigenvalue weighted by Crippen LogP contribution is 2.04. The van der Waals surface area contributed by atoms with E-state index in [9.17, 15) is 4.79 Å². The molecule has 3 unspecified atom stereocenters. The largest absolute Gasteiger partial charge is 0.481 e. The second-order valence-electron chi connectivity index (χ2n) is 3.50. The van der Waals surface area contributed by atoms with Crippen molar-refractivity contribution in [2.45, 2.75) is 39.3 Å². The first-order valence-corrected chi connectivity index (χ1v) is 4.58. The third-order valence-electron chi connectivity index (χ3n) is 2.25. The maximum Gasteiger partial charge on any atom is 0.307 e. The summed E-state index contributed by atoms with van der Waals surface area (Å²) in [5.41, 5.74) is 0. The summed E-state index contributed by atoms with van der Waals surface area (Å²) in [5, 5.41) is 20.5. The van der Waals surface area contributed by atoms with Crippen LogP contribution in [0.25, 0.3) is 0 Å². The molecule has 3 atom stereocenters. The zero-order chi connectivity index (χ0) is 10.4. The summed E-state index contributed by atoms with van der Waals surface area (Å²) in [6.45, 7) is 5.57. The van der Waals surface area contributed by atoms with E-state index < -0.39 is 11.9 Å². The quantitative estimate of drug-likeness (QED) is 0.567. The molecular formula is C9H19NO3. The smallest absolute Gasteiger partial charge is 0.307 e.